The Bertz CT molecular complexity index is 801. The molecule has 3 atom stereocenters. The van der Waals surface area contributed by atoms with Gasteiger partial charge in [0, 0.05) is 30.8 Å². The van der Waals surface area contributed by atoms with E-state index < -0.39 is 11.7 Å². The first-order chi connectivity index (χ1) is 12.4. The van der Waals surface area contributed by atoms with E-state index >= 15 is 0 Å². The molecule has 0 radical (unpaired) electrons. The number of fused-ring (bicyclic) bond motifs is 2. The highest BCUT2D eigenvalue weighted by atomic mass is 19.4. The summed E-state index contributed by atoms with van der Waals surface area (Å²) in [6.45, 7) is 3.03. The van der Waals surface area contributed by atoms with E-state index in [2.05, 4.69) is 10.2 Å². The van der Waals surface area contributed by atoms with Crippen LogP contribution in [0.15, 0.2) is 41.0 Å². The summed E-state index contributed by atoms with van der Waals surface area (Å²) < 4.78 is 47.6. The number of amides is 1. The maximum atomic E-state index is 12.5. The van der Waals surface area contributed by atoms with Gasteiger partial charge in [-0.1, -0.05) is 0 Å². The minimum absolute atomic E-state index is 0.160. The molecular formula is C18H17F3N2O3. The second kappa shape index (κ2) is 6.35. The van der Waals surface area contributed by atoms with Gasteiger partial charge in [0.1, 0.15) is 12.0 Å². The van der Waals surface area contributed by atoms with Crippen LogP contribution in [-0.2, 0) is 6.18 Å². The number of rotatable bonds is 4. The number of benzene rings is 1. The Balaban J connectivity index is 1.37. The van der Waals surface area contributed by atoms with Gasteiger partial charge in [0.05, 0.1) is 5.56 Å². The van der Waals surface area contributed by atoms with Gasteiger partial charge in [-0.15, -0.1) is 0 Å². The van der Waals surface area contributed by atoms with Gasteiger partial charge in [0.15, 0.2) is 0 Å². The van der Waals surface area contributed by atoms with Crippen molar-refractivity contribution in [3.05, 3.63) is 47.7 Å². The summed E-state index contributed by atoms with van der Waals surface area (Å²) in [5.41, 5.74) is -0.435. The Kier molecular flexibility index (Phi) is 4.14. The minimum Gasteiger partial charge on any atom is -0.433 e. The Morgan fingerprint density at radius 1 is 1.23 bits per heavy atom. The summed E-state index contributed by atoms with van der Waals surface area (Å²) in [6, 6.07) is 7.16. The maximum Gasteiger partial charge on any atom is 0.419 e. The molecule has 2 unspecified atom stereocenters. The summed E-state index contributed by atoms with van der Waals surface area (Å²) in [5, 5.41) is 3.05. The van der Waals surface area contributed by atoms with E-state index in [1.165, 1.54) is 12.1 Å². The highest BCUT2D eigenvalue weighted by Crippen LogP contribution is 2.34. The van der Waals surface area contributed by atoms with Crippen LogP contribution in [0.2, 0.25) is 0 Å². The lowest BCUT2D eigenvalue weighted by molar-refractivity contribution is -0.137. The van der Waals surface area contributed by atoms with Gasteiger partial charge >= 0.3 is 6.18 Å². The lowest BCUT2D eigenvalue weighted by Crippen LogP contribution is -2.43. The number of carbonyl (C=O) groups is 1. The third-order valence-electron chi connectivity index (χ3n) is 4.89. The lowest BCUT2D eigenvalue weighted by atomic mass is 9.99. The molecule has 4 rings (SSSR count). The van der Waals surface area contributed by atoms with Crippen LogP contribution in [0.25, 0.3) is 0 Å². The van der Waals surface area contributed by atoms with Crippen molar-refractivity contribution >= 4 is 5.91 Å². The fourth-order valence-corrected chi connectivity index (χ4v) is 3.51. The molecule has 2 aliphatic heterocycles. The van der Waals surface area contributed by atoms with Crippen molar-refractivity contribution in [1.29, 1.82) is 0 Å². The van der Waals surface area contributed by atoms with E-state index in [1.807, 2.05) is 0 Å². The summed E-state index contributed by atoms with van der Waals surface area (Å²) in [4.78, 5) is 14.7. The first-order valence-electron chi connectivity index (χ1n) is 8.35. The molecule has 3 heterocycles. The van der Waals surface area contributed by atoms with Crippen LogP contribution in [-0.4, -0.2) is 36.5 Å². The van der Waals surface area contributed by atoms with Crippen LogP contribution < -0.4 is 10.1 Å². The topological polar surface area (TPSA) is 54.7 Å². The quantitative estimate of drug-likeness (QED) is 0.900. The predicted octanol–water partition coefficient (Wildman–Crippen LogP) is 3.52. The average molecular weight is 366 g/mol. The predicted molar refractivity (Wildman–Crippen MR) is 86.0 cm³/mol. The van der Waals surface area contributed by atoms with Crippen molar-refractivity contribution in [2.45, 2.75) is 18.6 Å². The van der Waals surface area contributed by atoms with Gasteiger partial charge in [-0.05, 0) is 43.1 Å². The van der Waals surface area contributed by atoms with Crippen molar-refractivity contribution in [1.82, 2.24) is 10.2 Å². The molecule has 2 aromatic rings. The van der Waals surface area contributed by atoms with Crippen molar-refractivity contribution in [2.75, 3.05) is 19.6 Å². The number of nitrogens with one attached hydrogen (secondary N) is 1. The third kappa shape index (κ3) is 3.41. The van der Waals surface area contributed by atoms with E-state index in [0.717, 1.165) is 32.1 Å². The van der Waals surface area contributed by atoms with Crippen LogP contribution >= 0.6 is 0 Å². The van der Waals surface area contributed by atoms with Crippen LogP contribution in [0.3, 0.4) is 0 Å². The zero-order valence-corrected chi connectivity index (χ0v) is 13.8. The smallest absolute Gasteiger partial charge is 0.419 e. The standard InChI is InChI=1S/C18H17F3N2O3/c19-18(20,21)13-7-16(25-10-13)26-14-3-1-11(2-4-14)17(24)22-15-9-23-6-5-12(15)8-23/h1-4,7,10,12,15H,5-6,8-9H2,(H,22,24)/t12-,15?/m0/s1. The van der Waals surface area contributed by atoms with Gasteiger partial charge in [0.25, 0.3) is 11.9 Å². The zero-order valence-electron chi connectivity index (χ0n) is 13.8. The number of nitrogens with zero attached hydrogens (tertiary/aromatic N) is 1. The highest BCUT2D eigenvalue weighted by molar-refractivity contribution is 5.94. The molecular weight excluding hydrogens is 349 g/mol. The maximum absolute atomic E-state index is 12.5. The van der Waals surface area contributed by atoms with Gasteiger partial charge in [0.2, 0.25) is 0 Å². The largest absolute Gasteiger partial charge is 0.433 e. The molecule has 2 aliphatic rings. The lowest BCUT2D eigenvalue weighted by Gasteiger charge is -2.23. The molecule has 0 spiro atoms. The molecule has 8 heteroatoms. The number of halogens is 3. The number of alkyl halides is 3. The van der Waals surface area contributed by atoms with Crippen molar-refractivity contribution < 1.29 is 27.1 Å². The second-order valence-electron chi connectivity index (χ2n) is 6.67. The third-order valence-corrected chi connectivity index (χ3v) is 4.89. The van der Waals surface area contributed by atoms with Crippen LogP contribution in [0.1, 0.15) is 22.3 Å². The molecule has 2 bridgehead atoms. The summed E-state index contributed by atoms with van der Waals surface area (Å²) in [5.74, 6) is 0.386. The Hall–Kier alpha value is -2.48. The van der Waals surface area contributed by atoms with E-state index in [9.17, 15) is 18.0 Å². The number of carbonyl (C=O) groups excluding carboxylic acids is 1. The van der Waals surface area contributed by atoms with Gasteiger partial charge < -0.3 is 19.4 Å². The van der Waals surface area contributed by atoms with Gasteiger partial charge in [-0.3, -0.25) is 4.79 Å². The normalized spacial score (nSPS) is 24.7. The summed E-state index contributed by atoms with van der Waals surface area (Å²) in [7, 11) is 0. The van der Waals surface area contributed by atoms with Crippen LogP contribution in [0.4, 0.5) is 13.2 Å². The fourth-order valence-electron chi connectivity index (χ4n) is 3.51. The molecule has 1 aromatic carbocycles. The Morgan fingerprint density at radius 2 is 2.00 bits per heavy atom. The average Bonchev–Trinajstić information content (AvgIpc) is 3.31. The van der Waals surface area contributed by atoms with Crippen LogP contribution in [0, 0.1) is 5.92 Å². The zero-order chi connectivity index (χ0) is 18.3. The molecule has 2 fully saturated rings. The van der Waals surface area contributed by atoms with Crippen molar-refractivity contribution in [3.63, 3.8) is 0 Å². The van der Waals surface area contributed by atoms with E-state index in [4.69, 9.17) is 9.15 Å². The number of hydrogen-bond acceptors (Lipinski definition) is 4. The van der Waals surface area contributed by atoms with Gasteiger partial charge in [-0.2, -0.15) is 13.2 Å². The minimum atomic E-state index is -4.48. The van der Waals surface area contributed by atoms with E-state index in [0.29, 0.717) is 17.7 Å². The first-order valence-corrected chi connectivity index (χ1v) is 8.35. The molecule has 5 nitrogen and oxygen atoms in total. The number of ether oxygens (including phenoxy) is 1. The highest BCUT2D eigenvalue weighted by Gasteiger charge is 2.38. The summed E-state index contributed by atoms with van der Waals surface area (Å²) >= 11 is 0. The molecule has 1 amide bonds. The van der Waals surface area contributed by atoms with E-state index in [1.54, 1.807) is 12.1 Å². The molecule has 0 aliphatic carbocycles. The van der Waals surface area contributed by atoms with Crippen molar-refractivity contribution in [2.24, 2.45) is 5.92 Å². The molecule has 1 N–H and O–H groups in total. The summed E-state index contributed by atoms with van der Waals surface area (Å²) in [6.07, 6.45) is -2.77. The van der Waals surface area contributed by atoms with E-state index in [-0.39, 0.29) is 23.6 Å². The molecule has 2 saturated heterocycles. The second-order valence-corrected chi connectivity index (χ2v) is 6.67. The number of hydrogen-bond donors (Lipinski definition) is 1. The van der Waals surface area contributed by atoms with Crippen LogP contribution in [0.5, 0.6) is 11.7 Å². The molecule has 138 valence electrons. The first kappa shape index (κ1) is 17.0. The molecule has 1 aromatic heterocycles. The fraction of sp³-hybridized carbons (Fsp3) is 0.389. The number of piperidine rings is 1. The SMILES string of the molecule is O=C(NC1CN2CC[C@H]1C2)c1ccc(Oc2cc(C(F)(F)F)co2)cc1. The Morgan fingerprint density at radius 3 is 2.58 bits per heavy atom. The Labute approximate surface area is 147 Å². The molecule has 0 saturated carbocycles. The van der Waals surface area contributed by atoms with Crippen molar-refractivity contribution in [3.8, 4) is 11.7 Å². The van der Waals surface area contributed by atoms with Gasteiger partial charge in [-0.25, -0.2) is 0 Å². The number of furan rings is 1. The monoisotopic (exact) mass is 366 g/mol. The molecule has 26 heavy (non-hydrogen) atoms.